The Kier molecular flexibility index (Phi) is 4.32. The van der Waals surface area contributed by atoms with Crippen molar-refractivity contribution in [2.24, 2.45) is 0 Å². The van der Waals surface area contributed by atoms with Gasteiger partial charge in [-0.05, 0) is 48.8 Å². The van der Waals surface area contributed by atoms with Crippen molar-refractivity contribution in [2.75, 3.05) is 0 Å². The van der Waals surface area contributed by atoms with Gasteiger partial charge in [0.15, 0.2) is 0 Å². The van der Waals surface area contributed by atoms with E-state index in [-0.39, 0.29) is 11.6 Å². The third-order valence-electron chi connectivity index (χ3n) is 5.81. The van der Waals surface area contributed by atoms with Crippen LogP contribution in [0.1, 0.15) is 49.5 Å². The van der Waals surface area contributed by atoms with Crippen molar-refractivity contribution in [1.82, 2.24) is 14.5 Å². The maximum atomic E-state index is 13.3. The van der Waals surface area contributed by atoms with Crippen LogP contribution in [0.25, 0.3) is 34.0 Å². The van der Waals surface area contributed by atoms with E-state index < -0.39 is 0 Å². The van der Waals surface area contributed by atoms with Crippen molar-refractivity contribution in [3.8, 4) is 0 Å². The van der Waals surface area contributed by atoms with Crippen LogP contribution in [-0.4, -0.2) is 14.5 Å². The largest absolute Gasteiger partial charge is 0.361 e. The zero-order valence-corrected chi connectivity index (χ0v) is 15.8. The molecule has 2 aromatic heterocycles. The number of aromatic amines is 1. The minimum Gasteiger partial charge on any atom is -0.361 e. The molecule has 0 bridgehead atoms. The number of fused-ring (bicyclic) bond motifs is 2. The lowest BCUT2D eigenvalue weighted by Crippen LogP contribution is -2.29. The van der Waals surface area contributed by atoms with E-state index in [0.29, 0.717) is 5.39 Å². The normalized spacial score (nSPS) is 15.7. The second kappa shape index (κ2) is 7.12. The fourth-order valence-corrected chi connectivity index (χ4v) is 4.37. The van der Waals surface area contributed by atoms with Crippen LogP contribution >= 0.6 is 0 Å². The molecule has 0 spiro atoms. The Morgan fingerprint density at radius 1 is 0.929 bits per heavy atom. The molecule has 0 saturated heterocycles. The molecule has 140 valence electrons. The number of rotatable bonds is 3. The maximum absolute atomic E-state index is 13.3. The van der Waals surface area contributed by atoms with Crippen molar-refractivity contribution in [3.63, 3.8) is 0 Å². The zero-order chi connectivity index (χ0) is 18.9. The topological polar surface area (TPSA) is 50.7 Å². The minimum atomic E-state index is 0.0797. The monoisotopic (exact) mass is 369 g/mol. The summed E-state index contributed by atoms with van der Waals surface area (Å²) in [6, 6.07) is 16.1. The molecule has 2 heterocycles. The second-order valence-electron chi connectivity index (χ2n) is 7.58. The first kappa shape index (κ1) is 17.0. The van der Waals surface area contributed by atoms with E-state index in [0.717, 1.165) is 35.3 Å². The molecule has 1 fully saturated rings. The van der Waals surface area contributed by atoms with Crippen LogP contribution in [-0.2, 0) is 0 Å². The third-order valence-corrected chi connectivity index (χ3v) is 5.81. The van der Waals surface area contributed by atoms with Gasteiger partial charge in [-0.3, -0.25) is 9.36 Å². The fourth-order valence-electron chi connectivity index (χ4n) is 4.37. The van der Waals surface area contributed by atoms with Gasteiger partial charge in [-0.25, -0.2) is 4.98 Å². The molecule has 1 saturated carbocycles. The zero-order valence-electron chi connectivity index (χ0n) is 15.8. The van der Waals surface area contributed by atoms with Crippen LogP contribution in [0.3, 0.4) is 0 Å². The molecule has 1 aliphatic rings. The smallest absolute Gasteiger partial charge is 0.261 e. The molecule has 1 aliphatic carbocycles. The van der Waals surface area contributed by atoms with Crippen molar-refractivity contribution in [1.29, 1.82) is 0 Å². The van der Waals surface area contributed by atoms with Gasteiger partial charge < -0.3 is 4.98 Å². The SMILES string of the molecule is O=c1c2ccccc2nc(C=Cc2c[nH]c3ccccc23)n1C1CCCCC1. The van der Waals surface area contributed by atoms with Gasteiger partial charge in [0.2, 0.25) is 0 Å². The number of nitrogens with zero attached hydrogens (tertiary/aromatic N) is 2. The number of aromatic nitrogens is 3. The predicted octanol–water partition coefficient (Wildman–Crippen LogP) is 5.55. The summed E-state index contributed by atoms with van der Waals surface area (Å²) in [5, 5.41) is 1.88. The van der Waals surface area contributed by atoms with E-state index in [4.69, 9.17) is 4.98 Å². The molecule has 2 aromatic carbocycles. The maximum Gasteiger partial charge on any atom is 0.261 e. The molecule has 28 heavy (non-hydrogen) atoms. The predicted molar refractivity (Wildman–Crippen MR) is 115 cm³/mol. The summed E-state index contributed by atoms with van der Waals surface area (Å²) in [4.78, 5) is 21.5. The molecule has 1 N–H and O–H groups in total. The molecule has 0 atom stereocenters. The average molecular weight is 369 g/mol. The quantitative estimate of drug-likeness (QED) is 0.514. The summed E-state index contributed by atoms with van der Waals surface area (Å²) in [6.45, 7) is 0. The first-order valence-electron chi connectivity index (χ1n) is 10.1. The lowest BCUT2D eigenvalue weighted by molar-refractivity contribution is 0.343. The Bertz CT molecular complexity index is 1230. The molecule has 4 heteroatoms. The molecule has 0 amide bonds. The first-order valence-corrected chi connectivity index (χ1v) is 10.1. The lowest BCUT2D eigenvalue weighted by atomic mass is 9.95. The summed E-state index contributed by atoms with van der Waals surface area (Å²) in [7, 11) is 0. The van der Waals surface area contributed by atoms with Gasteiger partial charge in [0.1, 0.15) is 5.82 Å². The van der Waals surface area contributed by atoms with E-state index in [2.05, 4.69) is 23.2 Å². The van der Waals surface area contributed by atoms with Crippen LogP contribution in [0.2, 0.25) is 0 Å². The fraction of sp³-hybridized carbons (Fsp3) is 0.250. The summed E-state index contributed by atoms with van der Waals surface area (Å²) < 4.78 is 1.94. The molecule has 0 radical (unpaired) electrons. The highest BCUT2D eigenvalue weighted by atomic mass is 16.1. The number of para-hydroxylation sites is 2. The molecule has 4 nitrogen and oxygen atoms in total. The van der Waals surface area contributed by atoms with E-state index in [1.807, 2.05) is 53.2 Å². The molecule has 4 aromatic rings. The second-order valence-corrected chi connectivity index (χ2v) is 7.58. The summed E-state index contributed by atoms with van der Waals surface area (Å²) >= 11 is 0. The highest BCUT2D eigenvalue weighted by molar-refractivity contribution is 5.91. The number of nitrogens with one attached hydrogen (secondary N) is 1. The van der Waals surface area contributed by atoms with Crippen molar-refractivity contribution < 1.29 is 0 Å². The summed E-state index contributed by atoms with van der Waals surface area (Å²) in [6.07, 6.45) is 11.8. The first-order chi connectivity index (χ1) is 13.8. The van der Waals surface area contributed by atoms with Gasteiger partial charge >= 0.3 is 0 Å². The standard InChI is InChI=1S/C24H23N3O/c28-24-20-11-5-7-13-22(20)26-23(27(24)18-8-2-1-3-9-18)15-14-17-16-25-21-12-6-4-10-19(17)21/h4-7,10-16,18,25H,1-3,8-9H2. The van der Waals surface area contributed by atoms with Crippen molar-refractivity contribution in [3.05, 3.63) is 76.5 Å². The highest BCUT2D eigenvalue weighted by Crippen LogP contribution is 2.29. The molecular formula is C24H23N3O. The van der Waals surface area contributed by atoms with Crippen LogP contribution < -0.4 is 5.56 Å². The van der Waals surface area contributed by atoms with Crippen LogP contribution in [0, 0.1) is 0 Å². The van der Waals surface area contributed by atoms with Gasteiger partial charge in [0.05, 0.1) is 10.9 Å². The van der Waals surface area contributed by atoms with Gasteiger partial charge in [-0.15, -0.1) is 0 Å². The molecule has 0 aliphatic heterocycles. The van der Waals surface area contributed by atoms with Crippen molar-refractivity contribution >= 4 is 34.0 Å². The Balaban J connectivity index is 1.65. The van der Waals surface area contributed by atoms with Crippen LogP contribution in [0.15, 0.2) is 59.5 Å². The molecule has 5 rings (SSSR count). The Hall–Kier alpha value is -3.14. The Labute approximate surface area is 163 Å². The van der Waals surface area contributed by atoms with E-state index in [1.54, 1.807) is 0 Å². The molecule has 0 unspecified atom stereocenters. The Morgan fingerprint density at radius 3 is 2.54 bits per heavy atom. The van der Waals surface area contributed by atoms with Gasteiger partial charge in [-0.2, -0.15) is 0 Å². The minimum absolute atomic E-state index is 0.0797. The lowest BCUT2D eigenvalue weighted by Gasteiger charge is -2.25. The van der Waals surface area contributed by atoms with Gasteiger partial charge in [0, 0.05) is 23.1 Å². The number of hydrogen-bond donors (Lipinski definition) is 1. The van der Waals surface area contributed by atoms with Gasteiger partial charge in [0.25, 0.3) is 5.56 Å². The van der Waals surface area contributed by atoms with E-state index in [9.17, 15) is 4.79 Å². The molecular weight excluding hydrogens is 346 g/mol. The number of hydrogen-bond acceptors (Lipinski definition) is 2. The Morgan fingerprint density at radius 2 is 1.68 bits per heavy atom. The number of H-pyrrole nitrogens is 1. The average Bonchev–Trinajstić information content (AvgIpc) is 3.16. The highest BCUT2D eigenvalue weighted by Gasteiger charge is 2.20. The van der Waals surface area contributed by atoms with Gasteiger partial charge in [-0.1, -0.05) is 49.6 Å². The van der Waals surface area contributed by atoms with E-state index >= 15 is 0 Å². The summed E-state index contributed by atoms with van der Waals surface area (Å²) in [5.74, 6) is 0.751. The van der Waals surface area contributed by atoms with Crippen LogP contribution in [0.4, 0.5) is 0 Å². The number of benzene rings is 2. The summed E-state index contributed by atoms with van der Waals surface area (Å²) in [5.41, 5.74) is 3.06. The van der Waals surface area contributed by atoms with E-state index in [1.165, 1.54) is 24.6 Å². The van der Waals surface area contributed by atoms with Crippen molar-refractivity contribution in [2.45, 2.75) is 38.1 Å². The van der Waals surface area contributed by atoms with Crippen LogP contribution in [0.5, 0.6) is 0 Å². The third kappa shape index (κ3) is 2.95.